The molecule has 0 spiro atoms. The Morgan fingerprint density at radius 1 is 1.31 bits per heavy atom. The third kappa shape index (κ3) is 6.23. The SMILES string of the molecule is O=[SH](=S)OC=Cc1ccccc1.[NaH]. The Bertz CT molecular complexity index is 325. The first kappa shape index (κ1) is 13.1. The van der Waals surface area contributed by atoms with Crippen LogP contribution in [0.1, 0.15) is 5.56 Å². The molecule has 1 atom stereocenters. The Morgan fingerprint density at radius 3 is 2.46 bits per heavy atom. The molecule has 0 saturated carbocycles. The molecule has 1 unspecified atom stereocenters. The molecule has 0 aliphatic rings. The van der Waals surface area contributed by atoms with Crippen molar-refractivity contribution in [2.24, 2.45) is 0 Å². The fraction of sp³-hybridized carbons (Fsp3) is 0. The van der Waals surface area contributed by atoms with Gasteiger partial charge in [-0.15, -0.1) is 0 Å². The van der Waals surface area contributed by atoms with E-state index in [-0.39, 0.29) is 29.6 Å². The maximum absolute atomic E-state index is 10.3. The van der Waals surface area contributed by atoms with Crippen molar-refractivity contribution < 1.29 is 8.39 Å². The van der Waals surface area contributed by atoms with Crippen LogP contribution in [0.3, 0.4) is 0 Å². The van der Waals surface area contributed by atoms with Gasteiger partial charge in [0.25, 0.3) is 0 Å². The van der Waals surface area contributed by atoms with Gasteiger partial charge >= 0.3 is 29.6 Å². The van der Waals surface area contributed by atoms with E-state index in [0.29, 0.717) is 0 Å². The van der Waals surface area contributed by atoms with Gasteiger partial charge in [0, 0.05) is 11.2 Å². The van der Waals surface area contributed by atoms with Crippen molar-refractivity contribution in [2.75, 3.05) is 0 Å². The van der Waals surface area contributed by atoms with Crippen molar-refractivity contribution in [1.29, 1.82) is 0 Å². The maximum atomic E-state index is 10.3. The van der Waals surface area contributed by atoms with Gasteiger partial charge in [0.15, 0.2) is 9.64 Å². The van der Waals surface area contributed by atoms with Crippen LogP contribution in [0.15, 0.2) is 36.6 Å². The third-order valence-corrected chi connectivity index (χ3v) is 1.76. The van der Waals surface area contributed by atoms with E-state index in [4.69, 9.17) is 0 Å². The van der Waals surface area contributed by atoms with Crippen molar-refractivity contribution >= 4 is 56.5 Å². The average molecular weight is 224 g/mol. The number of thiol groups is 1. The van der Waals surface area contributed by atoms with Gasteiger partial charge in [0.2, 0.25) is 0 Å². The molecule has 0 amide bonds. The van der Waals surface area contributed by atoms with E-state index in [1.54, 1.807) is 6.08 Å². The zero-order valence-corrected chi connectivity index (χ0v) is 7.92. The van der Waals surface area contributed by atoms with E-state index in [2.05, 4.69) is 15.4 Å². The monoisotopic (exact) mass is 224 g/mol. The molecule has 1 rings (SSSR count). The van der Waals surface area contributed by atoms with Crippen molar-refractivity contribution in [2.45, 2.75) is 0 Å². The molecular weight excluding hydrogens is 215 g/mol. The summed E-state index contributed by atoms with van der Waals surface area (Å²) in [6, 6.07) is 9.57. The van der Waals surface area contributed by atoms with E-state index in [1.165, 1.54) is 6.26 Å². The molecular formula is C8H9NaO2S2. The quantitative estimate of drug-likeness (QED) is 0.469. The molecule has 0 saturated heterocycles. The predicted octanol–water partition coefficient (Wildman–Crippen LogP) is 0.883. The van der Waals surface area contributed by atoms with Crippen LogP contribution in [0.4, 0.5) is 0 Å². The second-order valence-electron chi connectivity index (χ2n) is 2.04. The normalized spacial score (nSPS) is 12.0. The summed E-state index contributed by atoms with van der Waals surface area (Å²) in [5.41, 5.74) is 0.990. The van der Waals surface area contributed by atoms with E-state index < -0.39 is 9.64 Å². The second kappa shape index (κ2) is 7.53. The third-order valence-electron chi connectivity index (χ3n) is 1.21. The van der Waals surface area contributed by atoms with E-state index in [0.717, 1.165) is 5.56 Å². The van der Waals surface area contributed by atoms with E-state index >= 15 is 0 Å². The first-order valence-electron chi connectivity index (χ1n) is 3.32. The van der Waals surface area contributed by atoms with Gasteiger partial charge in [-0.3, -0.25) is 0 Å². The number of benzene rings is 1. The standard InChI is InChI=1S/C8H8O2S2.Na.H/c9-12(11)10-7-6-8-4-2-1-3-5-8;;/h1-7,12H;;. The van der Waals surface area contributed by atoms with Crippen LogP contribution in [-0.2, 0) is 25.0 Å². The van der Waals surface area contributed by atoms with Crippen molar-refractivity contribution in [3.05, 3.63) is 42.2 Å². The zero-order chi connectivity index (χ0) is 8.81. The van der Waals surface area contributed by atoms with Crippen molar-refractivity contribution in [3.63, 3.8) is 0 Å². The molecule has 0 radical (unpaired) electrons. The summed E-state index contributed by atoms with van der Waals surface area (Å²) >= 11 is 4.33. The van der Waals surface area contributed by atoms with Gasteiger partial charge in [0.1, 0.15) is 6.26 Å². The molecule has 0 aliphatic heterocycles. The van der Waals surface area contributed by atoms with Gasteiger partial charge in [-0.1, -0.05) is 30.3 Å². The molecule has 2 nitrogen and oxygen atoms in total. The molecule has 0 bridgehead atoms. The van der Waals surface area contributed by atoms with E-state index in [9.17, 15) is 4.21 Å². The first-order valence-corrected chi connectivity index (χ1v) is 5.51. The van der Waals surface area contributed by atoms with Crippen LogP contribution in [0.5, 0.6) is 0 Å². The summed E-state index contributed by atoms with van der Waals surface area (Å²) in [6.45, 7) is 0. The zero-order valence-electron chi connectivity index (χ0n) is 6.21. The number of hydrogen-bond donors (Lipinski definition) is 1. The predicted molar refractivity (Wildman–Crippen MR) is 60.6 cm³/mol. The Hall–Kier alpha value is 0.130. The van der Waals surface area contributed by atoms with Gasteiger partial charge in [-0.05, 0) is 11.6 Å². The molecule has 0 N–H and O–H groups in total. The van der Waals surface area contributed by atoms with Crippen LogP contribution >= 0.6 is 0 Å². The second-order valence-corrected chi connectivity index (χ2v) is 3.59. The molecule has 0 aliphatic carbocycles. The Balaban J connectivity index is 0.00000144. The first-order chi connectivity index (χ1) is 5.79. The minimum atomic E-state index is -1.95. The summed E-state index contributed by atoms with van der Waals surface area (Å²) < 4.78 is 14.9. The molecule has 13 heavy (non-hydrogen) atoms. The summed E-state index contributed by atoms with van der Waals surface area (Å²) in [5.74, 6) is 0. The number of rotatable bonds is 3. The molecule has 1 aromatic carbocycles. The Morgan fingerprint density at radius 2 is 1.92 bits per heavy atom. The Labute approximate surface area is 106 Å². The fourth-order valence-corrected chi connectivity index (χ4v) is 1.03. The molecule has 0 fully saturated rings. The molecule has 0 aromatic heterocycles. The average Bonchev–Trinajstić information content (AvgIpc) is 2.05. The van der Waals surface area contributed by atoms with Crippen molar-refractivity contribution in [3.8, 4) is 0 Å². The molecule has 66 valence electrons. The summed E-state index contributed by atoms with van der Waals surface area (Å²) in [6.07, 6.45) is 3.06. The van der Waals surface area contributed by atoms with Gasteiger partial charge < -0.3 is 4.18 Å². The summed E-state index contributed by atoms with van der Waals surface area (Å²) in [4.78, 5) is 0. The van der Waals surface area contributed by atoms with Gasteiger partial charge in [-0.25, -0.2) is 4.21 Å². The van der Waals surface area contributed by atoms with Crippen LogP contribution in [-0.4, -0.2) is 33.8 Å². The van der Waals surface area contributed by atoms with Crippen molar-refractivity contribution in [1.82, 2.24) is 0 Å². The fourth-order valence-electron chi connectivity index (χ4n) is 0.723. The summed E-state index contributed by atoms with van der Waals surface area (Å²) in [7, 11) is -1.95. The van der Waals surface area contributed by atoms with Gasteiger partial charge in [0.05, 0.1) is 0 Å². The van der Waals surface area contributed by atoms with Crippen LogP contribution < -0.4 is 0 Å². The van der Waals surface area contributed by atoms with Crippen LogP contribution in [0.2, 0.25) is 0 Å². The molecule has 5 heteroatoms. The van der Waals surface area contributed by atoms with Crippen LogP contribution in [0, 0.1) is 0 Å². The molecule has 0 heterocycles. The molecule has 1 aromatic rings. The number of hydrogen-bond acceptors (Lipinski definition) is 3. The van der Waals surface area contributed by atoms with E-state index in [1.807, 2.05) is 30.3 Å². The topological polar surface area (TPSA) is 26.3 Å². The minimum absolute atomic E-state index is 0. The van der Waals surface area contributed by atoms with Gasteiger partial charge in [-0.2, -0.15) is 0 Å². The Kier molecular flexibility index (Phi) is 7.60. The van der Waals surface area contributed by atoms with Crippen LogP contribution in [0.25, 0.3) is 6.08 Å². The summed E-state index contributed by atoms with van der Waals surface area (Å²) in [5, 5.41) is 0.